The number of methoxy groups -OCH3 is 1. The van der Waals surface area contributed by atoms with Crippen molar-refractivity contribution in [2.75, 3.05) is 20.2 Å². The van der Waals surface area contributed by atoms with Gasteiger partial charge in [-0.05, 0) is 57.5 Å². The molecule has 1 N–H and O–H groups in total. The Kier molecular flexibility index (Phi) is 3.84. The third kappa shape index (κ3) is 2.67. The van der Waals surface area contributed by atoms with Gasteiger partial charge in [0.2, 0.25) is 11.7 Å². The second-order valence-electron chi connectivity index (χ2n) is 5.80. The second kappa shape index (κ2) is 5.59. The van der Waals surface area contributed by atoms with E-state index in [1.165, 1.54) is 19.3 Å². The molecule has 0 aromatic carbocycles. The molecule has 1 saturated heterocycles. The van der Waals surface area contributed by atoms with Crippen LogP contribution in [0.15, 0.2) is 4.52 Å². The van der Waals surface area contributed by atoms with Crippen molar-refractivity contribution in [3.63, 3.8) is 0 Å². The first kappa shape index (κ1) is 13.1. The summed E-state index contributed by atoms with van der Waals surface area (Å²) >= 11 is 0. The van der Waals surface area contributed by atoms with E-state index < -0.39 is 0 Å². The zero-order valence-corrected chi connectivity index (χ0v) is 11.7. The molecule has 19 heavy (non-hydrogen) atoms. The van der Waals surface area contributed by atoms with Crippen LogP contribution in [0.5, 0.6) is 0 Å². The van der Waals surface area contributed by atoms with Crippen LogP contribution in [0.25, 0.3) is 0 Å². The lowest BCUT2D eigenvalue weighted by Gasteiger charge is -2.37. The molecule has 1 aliphatic heterocycles. The van der Waals surface area contributed by atoms with Crippen molar-refractivity contribution >= 4 is 0 Å². The predicted molar refractivity (Wildman–Crippen MR) is 70.8 cm³/mol. The van der Waals surface area contributed by atoms with Gasteiger partial charge in [0.25, 0.3) is 0 Å². The minimum absolute atomic E-state index is 0.253. The van der Waals surface area contributed by atoms with Crippen LogP contribution in [-0.2, 0) is 16.8 Å². The first-order valence-corrected chi connectivity index (χ1v) is 7.41. The summed E-state index contributed by atoms with van der Waals surface area (Å²) in [6, 6.07) is 0. The Hall–Kier alpha value is -0.940. The van der Waals surface area contributed by atoms with Crippen molar-refractivity contribution in [2.24, 2.45) is 5.92 Å². The lowest BCUT2D eigenvalue weighted by atomic mass is 9.79. The van der Waals surface area contributed by atoms with E-state index in [1.807, 2.05) is 0 Å². The minimum Gasteiger partial charge on any atom is -0.370 e. The van der Waals surface area contributed by atoms with E-state index in [0.717, 1.165) is 56.4 Å². The maximum absolute atomic E-state index is 5.57. The normalized spacial score (nSPS) is 23.2. The van der Waals surface area contributed by atoms with Crippen LogP contribution < -0.4 is 5.32 Å². The smallest absolute Gasteiger partial charge is 0.226 e. The Balaban J connectivity index is 1.55. The van der Waals surface area contributed by atoms with Gasteiger partial charge in [-0.25, -0.2) is 0 Å². The Morgan fingerprint density at radius 3 is 2.79 bits per heavy atom. The SMILES string of the molecule is COC1(c2noc(CCC3CCNCC3)n2)CCC1. The summed E-state index contributed by atoms with van der Waals surface area (Å²) in [7, 11) is 1.74. The number of aromatic nitrogens is 2. The first-order chi connectivity index (χ1) is 9.32. The van der Waals surface area contributed by atoms with Crippen LogP contribution >= 0.6 is 0 Å². The molecule has 5 nitrogen and oxygen atoms in total. The van der Waals surface area contributed by atoms with Crippen LogP contribution in [-0.4, -0.2) is 30.3 Å². The summed E-state index contributed by atoms with van der Waals surface area (Å²) in [5.74, 6) is 2.33. The van der Waals surface area contributed by atoms with Crippen LogP contribution in [0.4, 0.5) is 0 Å². The molecular formula is C14H23N3O2. The summed E-state index contributed by atoms with van der Waals surface area (Å²) in [5.41, 5.74) is -0.253. The molecule has 0 radical (unpaired) electrons. The molecular weight excluding hydrogens is 242 g/mol. The van der Waals surface area contributed by atoms with E-state index in [1.54, 1.807) is 7.11 Å². The highest BCUT2D eigenvalue weighted by Crippen LogP contribution is 2.42. The lowest BCUT2D eigenvalue weighted by molar-refractivity contribution is -0.0858. The highest BCUT2D eigenvalue weighted by Gasteiger charge is 2.43. The number of rotatable bonds is 5. The van der Waals surface area contributed by atoms with Gasteiger partial charge in [0, 0.05) is 13.5 Å². The highest BCUT2D eigenvalue weighted by atomic mass is 16.5. The zero-order valence-electron chi connectivity index (χ0n) is 11.7. The topological polar surface area (TPSA) is 60.2 Å². The van der Waals surface area contributed by atoms with E-state index >= 15 is 0 Å². The number of hydrogen-bond acceptors (Lipinski definition) is 5. The van der Waals surface area contributed by atoms with E-state index in [-0.39, 0.29) is 5.60 Å². The predicted octanol–water partition coefficient (Wildman–Crippen LogP) is 2.03. The molecule has 0 amide bonds. The van der Waals surface area contributed by atoms with Gasteiger partial charge in [0.05, 0.1) is 0 Å². The molecule has 2 fully saturated rings. The van der Waals surface area contributed by atoms with Gasteiger partial charge in [-0.3, -0.25) is 0 Å². The standard InChI is InChI=1S/C14H23N3O2/c1-18-14(7-2-8-14)13-16-12(19-17-13)4-3-11-5-9-15-10-6-11/h11,15H,2-10H2,1H3. The summed E-state index contributed by atoms with van der Waals surface area (Å²) in [6.07, 6.45) is 7.80. The molecule has 0 spiro atoms. The Morgan fingerprint density at radius 1 is 1.37 bits per heavy atom. The van der Waals surface area contributed by atoms with E-state index in [9.17, 15) is 0 Å². The third-order valence-electron chi connectivity index (χ3n) is 4.65. The van der Waals surface area contributed by atoms with E-state index in [4.69, 9.17) is 9.26 Å². The van der Waals surface area contributed by atoms with Gasteiger partial charge >= 0.3 is 0 Å². The highest BCUT2D eigenvalue weighted by molar-refractivity contribution is 5.06. The molecule has 5 heteroatoms. The van der Waals surface area contributed by atoms with Gasteiger partial charge in [0.15, 0.2) is 0 Å². The maximum Gasteiger partial charge on any atom is 0.226 e. The van der Waals surface area contributed by atoms with Crippen LogP contribution in [0.2, 0.25) is 0 Å². The van der Waals surface area contributed by atoms with Crippen LogP contribution in [0.1, 0.15) is 50.2 Å². The minimum atomic E-state index is -0.253. The number of ether oxygens (including phenoxy) is 1. The molecule has 2 heterocycles. The van der Waals surface area contributed by atoms with Gasteiger partial charge in [0.1, 0.15) is 5.60 Å². The summed E-state index contributed by atoms with van der Waals surface area (Å²) in [5, 5.41) is 7.51. The van der Waals surface area contributed by atoms with E-state index in [0.29, 0.717) is 0 Å². The molecule has 3 rings (SSSR count). The lowest BCUT2D eigenvalue weighted by Crippen LogP contribution is -2.37. The summed E-state index contributed by atoms with van der Waals surface area (Å²) < 4.78 is 11.0. The van der Waals surface area contributed by atoms with Crippen molar-refractivity contribution in [2.45, 2.75) is 50.5 Å². The Bertz CT molecular complexity index is 403. The summed E-state index contributed by atoms with van der Waals surface area (Å²) in [6.45, 7) is 2.29. The zero-order chi connectivity index (χ0) is 13.1. The van der Waals surface area contributed by atoms with Gasteiger partial charge < -0.3 is 14.6 Å². The fourth-order valence-electron chi connectivity index (χ4n) is 3.06. The van der Waals surface area contributed by atoms with Crippen LogP contribution in [0, 0.1) is 5.92 Å². The summed E-state index contributed by atoms with van der Waals surface area (Å²) in [4.78, 5) is 4.54. The van der Waals surface area contributed by atoms with Gasteiger partial charge in [-0.1, -0.05) is 5.16 Å². The van der Waals surface area contributed by atoms with Crippen molar-refractivity contribution in [3.05, 3.63) is 11.7 Å². The average molecular weight is 265 g/mol. The number of piperidine rings is 1. The molecule has 1 aliphatic carbocycles. The Morgan fingerprint density at radius 2 is 2.16 bits per heavy atom. The molecule has 0 bridgehead atoms. The third-order valence-corrected chi connectivity index (χ3v) is 4.65. The molecule has 0 atom stereocenters. The molecule has 106 valence electrons. The average Bonchev–Trinajstić information content (AvgIpc) is 2.86. The fraction of sp³-hybridized carbons (Fsp3) is 0.857. The quantitative estimate of drug-likeness (QED) is 0.882. The molecule has 1 saturated carbocycles. The Labute approximate surface area is 114 Å². The van der Waals surface area contributed by atoms with Crippen molar-refractivity contribution in [1.82, 2.24) is 15.5 Å². The van der Waals surface area contributed by atoms with Crippen molar-refractivity contribution in [3.8, 4) is 0 Å². The second-order valence-corrected chi connectivity index (χ2v) is 5.80. The van der Waals surface area contributed by atoms with Crippen molar-refractivity contribution in [1.29, 1.82) is 0 Å². The first-order valence-electron chi connectivity index (χ1n) is 7.41. The monoisotopic (exact) mass is 265 g/mol. The van der Waals surface area contributed by atoms with E-state index in [2.05, 4.69) is 15.5 Å². The number of nitrogens with one attached hydrogen (secondary N) is 1. The molecule has 2 aliphatic rings. The van der Waals surface area contributed by atoms with Gasteiger partial charge in [-0.15, -0.1) is 0 Å². The fourth-order valence-corrected chi connectivity index (χ4v) is 3.06. The number of nitrogens with zero attached hydrogens (tertiary/aromatic N) is 2. The maximum atomic E-state index is 5.57. The van der Waals surface area contributed by atoms with Gasteiger partial charge in [-0.2, -0.15) is 4.98 Å². The molecule has 0 unspecified atom stereocenters. The molecule has 1 aromatic rings. The van der Waals surface area contributed by atoms with Crippen LogP contribution in [0.3, 0.4) is 0 Å². The van der Waals surface area contributed by atoms with Crippen molar-refractivity contribution < 1.29 is 9.26 Å². The largest absolute Gasteiger partial charge is 0.370 e. The number of hydrogen-bond donors (Lipinski definition) is 1. The molecule has 1 aromatic heterocycles. The number of aryl methyl sites for hydroxylation is 1.